The van der Waals surface area contributed by atoms with Crippen molar-refractivity contribution in [2.75, 3.05) is 6.61 Å². The van der Waals surface area contributed by atoms with Gasteiger partial charge in [0.2, 0.25) is 0 Å². The highest BCUT2D eigenvalue weighted by Crippen LogP contribution is 2.57. The maximum Gasteiger partial charge on any atom is 0.115 e. The van der Waals surface area contributed by atoms with E-state index in [9.17, 15) is 5.11 Å². The van der Waals surface area contributed by atoms with Gasteiger partial charge in [0.15, 0.2) is 0 Å². The molecule has 3 nitrogen and oxygen atoms in total. The maximum absolute atomic E-state index is 9.54. The van der Waals surface area contributed by atoms with Gasteiger partial charge in [0, 0.05) is 17.7 Å². The first kappa shape index (κ1) is 14.4. The fraction of sp³-hybridized carbons (Fsp3) is 0.750. The normalized spacial score (nSPS) is 32.6. The molecule has 1 aromatic rings. The Labute approximate surface area is 116 Å². The summed E-state index contributed by atoms with van der Waals surface area (Å²) in [6.45, 7) is 6.40. The number of nitrogens with zero attached hydrogens (tertiary/aromatic N) is 2. The van der Waals surface area contributed by atoms with Gasteiger partial charge in [-0.3, -0.25) is 0 Å². The van der Waals surface area contributed by atoms with E-state index in [1.807, 2.05) is 20.8 Å². The smallest absolute Gasteiger partial charge is 0.115 e. The number of rotatable bonds is 2. The molecule has 0 radical (unpaired) electrons. The molecule has 3 saturated carbocycles. The zero-order valence-corrected chi connectivity index (χ0v) is 12.4. The van der Waals surface area contributed by atoms with Crippen LogP contribution >= 0.6 is 0 Å². The third-order valence-electron chi connectivity index (χ3n) is 5.08. The van der Waals surface area contributed by atoms with Gasteiger partial charge in [-0.15, -0.1) is 0 Å². The highest BCUT2D eigenvalue weighted by atomic mass is 16.3. The minimum atomic E-state index is 0.240. The predicted octanol–water partition coefficient (Wildman–Crippen LogP) is 3.40. The molecule has 1 aromatic heterocycles. The van der Waals surface area contributed by atoms with E-state index in [0.29, 0.717) is 6.61 Å². The van der Waals surface area contributed by atoms with Gasteiger partial charge in [0.1, 0.15) is 6.33 Å². The van der Waals surface area contributed by atoms with Crippen LogP contribution in [0.3, 0.4) is 0 Å². The Balaban J connectivity index is 0.000000637. The van der Waals surface area contributed by atoms with Gasteiger partial charge in [-0.25, -0.2) is 9.97 Å². The summed E-state index contributed by atoms with van der Waals surface area (Å²) in [5.74, 6) is 0. The average Bonchev–Trinajstić information content (AvgIpc) is 2.51. The van der Waals surface area contributed by atoms with Crippen molar-refractivity contribution < 1.29 is 5.11 Å². The molecule has 2 bridgehead atoms. The summed E-state index contributed by atoms with van der Waals surface area (Å²) in [6, 6.07) is 2.15. The van der Waals surface area contributed by atoms with E-state index in [-0.39, 0.29) is 10.8 Å². The van der Waals surface area contributed by atoms with Crippen LogP contribution in [-0.2, 0) is 5.41 Å². The summed E-state index contributed by atoms with van der Waals surface area (Å²) in [5.41, 5.74) is 2.82. The van der Waals surface area contributed by atoms with Gasteiger partial charge in [0.05, 0.1) is 5.69 Å². The number of aliphatic hydroxyl groups excluding tert-OH is 1. The molecule has 3 aliphatic rings. The van der Waals surface area contributed by atoms with Gasteiger partial charge < -0.3 is 5.11 Å². The van der Waals surface area contributed by atoms with Crippen LogP contribution in [0.2, 0.25) is 0 Å². The Kier molecular flexibility index (Phi) is 4.24. The molecule has 19 heavy (non-hydrogen) atoms. The minimum Gasteiger partial charge on any atom is -0.396 e. The van der Waals surface area contributed by atoms with Crippen LogP contribution in [0.4, 0.5) is 0 Å². The molecule has 3 heteroatoms. The lowest BCUT2D eigenvalue weighted by Gasteiger charge is -2.52. The monoisotopic (exact) mass is 262 g/mol. The van der Waals surface area contributed by atoms with Crippen molar-refractivity contribution in [3.05, 3.63) is 23.8 Å². The summed E-state index contributed by atoms with van der Waals surface area (Å²) >= 11 is 0. The highest BCUT2D eigenvalue weighted by molar-refractivity contribution is 5.22. The number of aryl methyl sites for hydroxylation is 1. The first-order valence-corrected chi connectivity index (χ1v) is 7.58. The van der Waals surface area contributed by atoms with E-state index in [1.54, 1.807) is 6.33 Å². The van der Waals surface area contributed by atoms with Gasteiger partial charge in [0.25, 0.3) is 0 Å². The van der Waals surface area contributed by atoms with Gasteiger partial charge in [-0.1, -0.05) is 13.8 Å². The first-order valence-electron chi connectivity index (χ1n) is 7.58. The summed E-state index contributed by atoms with van der Waals surface area (Å²) < 4.78 is 0. The van der Waals surface area contributed by atoms with Crippen LogP contribution < -0.4 is 0 Å². The summed E-state index contributed by atoms with van der Waals surface area (Å²) in [5, 5.41) is 9.54. The second-order valence-corrected chi connectivity index (χ2v) is 5.98. The minimum absolute atomic E-state index is 0.240. The molecular weight excluding hydrogens is 236 g/mol. The van der Waals surface area contributed by atoms with E-state index >= 15 is 0 Å². The Morgan fingerprint density at radius 3 is 2.11 bits per heavy atom. The zero-order chi connectivity index (χ0) is 13.9. The molecule has 0 saturated heterocycles. The molecule has 1 N–H and O–H groups in total. The molecular formula is C16H26N2O. The molecule has 3 fully saturated rings. The van der Waals surface area contributed by atoms with Crippen molar-refractivity contribution in [1.29, 1.82) is 0 Å². The average molecular weight is 262 g/mol. The van der Waals surface area contributed by atoms with E-state index in [2.05, 4.69) is 16.0 Å². The Bertz CT molecular complexity index is 406. The lowest BCUT2D eigenvalue weighted by molar-refractivity contribution is -0.00834. The van der Waals surface area contributed by atoms with E-state index in [0.717, 1.165) is 25.0 Å². The molecule has 0 aromatic carbocycles. The van der Waals surface area contributed by atoms with Crippen molar-refractivity contribution in [3.63, 3.8) is 0 Å². The maximum atomic E-state index is 9.54. The predicted molar refractivity (Wildman–Crippen MR) is 77.0 cm³/mol. The molecule has 0 aliphatic heterocycles. The zero-order valence-electron chi connectivity index (χ0n) is 12.4. The van der Waals surface area contributed by atoms with Crippen LogP contribution in [-0.4, -0.2) is 21.7 Å². The van der Waals surface area contributed by atoms with Crippen LogP contribution in [0.25, 0.3) is 0 Å². The lowest BCUT2D eigenvalue weighted by atomic mass is 9.53. The van der Waals surface area contributed by atoms with Crippen molar-refractivity contribution in [3.8, 4) is 0 Å². The Hall–Kier alpha value is -0.960. The number of hydrogen-bond acceptors (Lipinski definition) is 3. The standard InChI is InChI=1S/C14H20N2O.C2H6/c1-11-8-12(16-10-15-11)14-5-2-13(9-17,3-6-14)4-7-14;1-2/h8,10,17H,2-7,9H2,1H3;1-2H3. The Morgan fingerprint density at radius 2 is 1.63 bits per heavy atom. The van der Waals surface area contributed by atoms with Crippen LogP contribution in [0, 0.1) is 12.3 Å². The summed E-state index contributed by atoms with van der Waals surface area (Å²) in [7, 11) is 0. The third-order valence-corrected chi connectivity index (χ3v) is 5.08. The summed E-state index contributed by atoms with van der Waals surface area (Å²) in [4.78, 5) is 8.70. The van der Waals surface area contributed by atoms with Gasteiger partial charge in [-0.05, 0) is 56.9 Å². The SMILES string of the molecule is CC.Cc1cc(C23CCC(CO)(CC2)CC3)ncn1. The van der Waals surface area contributed by atoms with E-state index in [1.165, 1.54) is 25.0 Å². The molecule has 0 spiro atoms. The van der Waals surface area contributed by atoms with E-state index in [4.69, 9.17) is 0 Å². The van der Waals surface area contributed by atoms with Crippen LogP contribution in [0.15, 0.2) is 12.4 Å². The second-order valence-electron chi connectivity index (χ2n) is 5.98. The Morgan fingerprint density at radius 1 is 1.05 bits per heavy atom. The van der Waals surface area contributed by atoms with Crippen LogP contribution in [0.5, 0.6) is 0 Å². The fourth-order valence-corrected chi connectivity index (χ4v) is 3.63. The topological polar surface area (TPSA) is 46.0 Å². The van der Waals surface area contributed by atoms with Gasteiger partial charge >= 0.3 is 0 Å². The molecule has 3 aliphatic carbocycles. The quantitative estimate of drug-likeness (QED) is 0.888. The largest absolute Gasteiger partial charge is 0.396 e. The molecule has 0 amide bonds. The van der Waals surface area contributed by atoms with Crippen molar-refractivity contribution in [1.82, 2.24) is 9.97 Å². The summed E-state index contributed by atoms with van der Waals surface area (Å²) in [6.07, 6.45) is 8.73. The fourth-order valence-electron chi connectivity index (χ4n) is 3.63. The number of hydrogen-bond donors (Lipinski definition) is 1. The third kappa shape index (κ3) is 2.53. The molecule has 0 atom stereocenters. The molecule has 1 heterocycles. The molecule has 4 rings (SSSR count). The van der Waals surface area contributed by atoms with Crippen LogP contribution in [0.1, 0.15) is 63.8 Å². The van der Waals surface area contributed by atoms with Gasteiger partial charge in [-0.2, -0.15) is 0 Å². The second kappa shape index (κ2) is 5.58. The van der Waals surface area contributed by atoms with Crippen molar-refractivity contribution in [2.45, 2.75) is 64.7 Å². The number of aromatic nitrogens is 2. The molecule has 0 unspecified atom stereocenters. The number of fused-ring (bicyclic) bond motifs is 3. The highest BCUT2D eigenvalue weighted by Gasteiger charge is 2.49. The first-order chi connectivity index (χ1) is 9.18. The number of aliphatic hydroxyl groups is 1. The van der Waals surface area contributed by atoms with E-state index < -0.39 is 0 Å². The molecule has 106 valence electrons. The van der Waals surface area contributed by atoms with Crippen molar-refractivity contribution in [2.24, 2.45) is 5.41 Å². The van der Waals surface area contributed by atoms with Crippen molar-refractivity contribution >= 4 is 0 Å². The lowest BCUT2D eigenvalue weighted by Crippen LogP contribution is -2.46.